The van der Waals surface area contributed by atoms with E-state index in [0.717, 1.165) is 78.1 Å². The standard InChI is InChI=1S/C27H33N7O2.C11H11NO2.C10H12N4.7CH4/c1-17-9-10-23(26-29-31-32-30-26)18(2)25(17)27(36)34-15-21-13-33(14-22(21)16-34)12-11-24(28-19(3)35)20-7-5-4-6-8-20;1-7-4-5-9(6-12)8(2)10(7)11(13)14-3;1-6-4-5-9(8(3)7(6)2)10-11-13-14-12-10;;;;;;;/h4-10,21-22,24H,11-16H2,1-3H3,(H,28,35)(H,29,30,31,32);4-5H,1-3H3;4-5H,1-3H3,(H,11,12,13,14);7*1H4/t21?,22?,24-;;;;;;;;;/m0........./s1. The summed E-state index contributed by atoms with van der Waals surface area (Å²) in [4.78, 5) is 41.3. The van der Waals surface area contributed by atoms with E-state index in [9.17, 15) is 14.4 Å². The van der Waals surface area contributed by atoms with Crippen LogP contribution in [0.4, 0.5) is 0 Å². The highest BCUT2D eigenvalue weighted by Crippen LogP contribution is 2.34. The number of fused-ring (bicyclic) bond motifs is 1. The third-order valence-electron chi connectivity index (χ3n) is 12.5. The maximum Gasteiger partial charge on any atom is 0.338 e. The second kappa shape index (κ2) is 29.8. The first-order chi connectivity index (χ1) is 30.7. The van der Waals surface area contributed by atoms with Gasteiger partial charge in [-0.05, 0) is 128 Å². The van der Waals surface area contributed by atoms with E-state index < -0.39 is 5.97 Å². The van der Waals surface area contributed by atoms with E-state index in [2.05, 4.69) is 95.2 Å². The number of methoxy groups -OCH3 is 1. The number of aromatic nitrogens is 8. The maximum absolute atomic E-state index is 13.6. The van der Waals surface area contributed by atoms with Gasteiger partial charge in [0.05, 0.1) is 30.3 Å². The number of aryl methyl sites for hydroxylation is 3. The Hall–Kier alpha value is -7.12. The van der Waals surface area contributed by atoms with Crippen LogP contribution in [0.2, 0.25) is 0 Å². The Morgan fingerprint density at radius 3 is 1.68 bits per heavy atom. The van der Waals surface area contributed by atoms with Gasteiger partial charge in [0, 0.05) is 56.3 Å². The molecule has 2 fully saturated rings. The fraction of sp³-hybridized carbons (Fsp3) is 0.455. The number of hydrogen-bond donors (Lipinski definition) is 3. The molecular weight excluding hydrogens is 893 g/mol. The predicted octanol–water partition coefficient (Wildman–Crippen LogP) is 11.0. The molecule has 4 aromatic carbocycles. The lowest BCUT2D eigenvalue weighted by atomic mass is 9.96. The second-order valence-electron chi connectivity index (χ2n) is 16.6. The molecule has 0 spiro atoms. The third kappa shape index (κ3) is 15.4. The zero-order chi connectivity index (χ0) is 46.1. The molecule has 2 amide bonds. The van der Waals surface area contributed by atoms with Gasteiger partial charge in [0.2, 0.25) is 17.6 Å². The van der Waals surface area contributed by atoms with Crippen LogP contribution in [0.25, 0.3) is 22.8 Å². The predicted molar refractivity (Wildman–Crippen MR) is 289 cm³/mol. The van der Waals surface area contributed by atoms with Gasteiger partial charge in [-0.15, -0.1) is 20.4 Å². The quantitative estimate of drug-likeness (QED) is 0.116. The van der Waals surface area contributed by atoms with E-state index in [1.165, 1.54) is 23.8 Å². The monoisotopic (exact) mass is 977 g/mol. The van der Waals surface area contributed by atoms with Gasteiger partial charge in [-0.25, -0.2) is 4.79 Å². The molecule has 0 aliphatic carbocycles. The molecule has 2 aliphatic rings. The Kier molecular flexibility index (Phi) is 27.7. The van der Waals surface area contributed by atoms with Gasteiger partial charge < -0.3 is 19.9 Å². The van der Waals surface area contributed by atoms with Crippen molar-refractivity contribution in [3.63, 3.8) is 0 Å². The first-order valence-electron chi connectivity index (χ1n) is 21.3. The van der Waals surface area contributed by atoms with Crippen LogP contribution in [0.5, 0.6) is 0 Å². The van der Waals surface area contributed by atoms with Crippen LogP contribution in [-0.2, 0) is 9.53 Å². The molecule has 2 unspecified atom stereocenters. The van der Waals surface area contributed by atoms with E-state index in [1.807, 2.05) is 68.1 Å². The molecular formula is C55H84N12O4. The molecule has 0 saturated carbocycles. The highest BCUT2D eigenvalue weighted by atomic mass is 16.5. The van der Waals surface area contributed by atoms with Crippen molar-refractivity contribution in [3.05, 3.63) is 128 Å². The Labute approximate surface area is 425 Å². The van der Waals surface area contributed by atoms with Crippen LogP contribution >= 0.6 is 0 Å². The van der Waals surface area contributed by atoms with Crippen molar-refractivity contribution < 1.29 is 19.1 Å². The summed E-state index contributed by atoms with van der Waals surface area (Å²) in [6.07, 6.45) is 0.868. The maximum atomic E-state index is 13.6. The largest absolute Gasteiger partial charge is 0.465 e. The topological polar surface area (TPSA) is 212 Å². The number of hydrogen-bond acceptors (Lipinski definition) is 12. The van der Waals surface area contributed by atoms with Gasteiger partial charge in [-0.2, -0.15) is 15.7 Å². The number of aromatic amines is 2. The molecule has 16 nitrogen and oxygen atoms in total. The number of likely N-dealkylation sites (tertiary alicyclic amines) is 2. The summed E-state index contributed by atoms with van der Waals surface area (Å²) in [5.74, 6) is 1.81. The van der Waals surface area contributed by atoms with Gasteiger partial charge >= 0.3 is 5.97 Å². The number of H-pyrrole nitrogens is 2. The molecule has 3 N–H and O–H groups in total. The summed E-state index contributed by atoms with van der Waals surface area (Å²) in [6.45, 7) is 19.8. The van der Waals surface area contributed by atoms with Crippen LogP contribution in [-0.4, -0.2) is 109 Å². The van der Waals surface area contributed by atoms with E-state index in [1.54, 1.807) is 26.0 Å². The highest BCUT2D eigenvalue weighted by molar-refractivity contribution is 5.99. The lowest BCUT2D eigenvalue weighted by molar-refractivity contribution is -0.119. The van der Waals surface area contributed by atoms with Crippen LogP contribution in [0.3, 0.4) is 0 Å². The van der Waals surface area contributed by atoms with E-state index in [-0.39, 0.29) is 69.8 Å². The number of benzene rings is 4. The molecule has 2 saturated heterocycles. The molecule has 388 valence electrons. The number of rotatable bonds is 9. The normalized spacial score (nSPS) is 14.2. The number of nitrogens with one attached hydrogen (secondary N) is 3. The first-order valence-corrected chi connectivity index (χ1v) is 21.3. The molecule has 0 radical (unpaired) electrons. The lowest BCUT2D eigenvalue weighted by Crippen LogP contribution is -2.35. The zero-order valence-electron chi connectivity index (χ0n) is 38.0. The summed E-state index contributed by atoms with van der Waals surface area (Å²) in [5, 5.41) is 40.2. The number of esters is 1. The highest BCUT2D eigenvalue weighted by Gasteiger charge is 2.42. The molecule has 4 heterocycles. The third-order valence-corrected chi connectivity index (χ3v) is 12.5. The van der Waals surface area contributed by atoms with Crippen molar-refractivity contribution >= 4 is 17.8 Å². The van der Waals surface area contributed by atoms with Crippen molar-refractivity contribution in [2.75, 3.05) is 39.8 Å². The van der Waals surface area contributed by atoms with E-state index in [0.29, 0.717) is 40.2 Å². The minimum absolute atomic E-state index is 0. The Bertz CT molecular complexity index is 2610. The number of ether oxygens (including phenoxy) is 1. The second-order valence-corrected chi connectivity index (χ2v) is 16.6. The number of carbonyl (C=O) groups is 3. The van der Waals surface area contributed by atoms with Gasteiger partial charge in [0.25, 0.3) is 5.91 Å². The minimum Gasteiger partial charge on any atom is -0.465 e. The SMILES string of the molecule is C.C.C.C.C.C.C.CC(=O)N[C@@H](CCN1CC2CN(C(=O)c3c(C)ccc(-c4nn[nH]n4)c3C)CC2C1)c1ccccc1.COC(=O)c1c(C)ccc(C#N)c1C.Cc1ccc(-c2nn[nH]n2)c(C)c1C. The molecule has 6 aromatic rings. The summed E-state index contributed by atoms with van der Waals surface area (Å²) in [6, 6.07) is 23.7. The summed E-state index contributed by atoms with van der Waals surface area (Å²) < 4.78 is 4.65. The summed E-state index contributed by atoms with van der Waals surface area (Å²) in [5.41, 5.74) is 11.9. The average Bonchev–Trinajstić information content (AvgIpc) is 4.13. The van der Waals surface area contributed by atoms with Gasteiger partial charge in [0.1, 0.15) is 0 Å². The van der Waals surface area contributed by atoms with Crippen molar-refractivity contribution in [1.29, 1.82) is 5.26 Å². The molecule has 2 aromatic heterocycles. The first kappa shape index (κ1) is 66.0. The molecule has 3 atom stereocenters. The number of nitrogens with zero attached hydrogens (tertiary/aromatic N) is 9. The summed E-state index contributed by atoms with van der Waals surface area (Å²) >= 11 is 0. The number of tetrazole rings is 2. The Morgan fingerprint density at radius 2 is 1.18 bits per heavy atom. The number of nitriles is 1. The van der Waals surface area contributed by atoms with Crippen molar-refractivity contribution in [2.45, 2.75) is 120 Å². The van der Waals surface area contributed by atoms with Crippen molar-refractivity contribution in [3.8, 4) is 28.8 Å². The van der Waals surface area contributed by atoms with Crippen LogP contribution in [0.15, 0.2) is 66.7 Å². The fourth-order valence-corrected chi connectivity index (χ4v) is 8.71. The molecule has 16 heteroatoms. The van der Waals surface area contributed by atoms with Gasteiger partial charge in [-0.3, -0.25) is 9.59 Å². The van der Waals surface area contributed by atoms with E-state index in [4.69, 9.17) is 5.26 Å². The lowest BCUT2D eigenvalue weighted by Gasteiger charge is -2.25. The number of carbonyl (C=O) groups excluding carboxylic acids is 3. The average molecular weight is 977 g/mol. The molecule has 0 bridgehead atoms. The van der Waals surface area contributed by atoms with Gasteiger partial charge in [-0.1, -0.05) is 113 Å². The zero-order valence-corrected chi connectivity index (χ0v) is 38.0. The Balaban J connectivity index is 0. The van der Waals surface area contributed by atoms with Crippen LogP contribution < -0.4 is 5.32 Å². The number of amides is 2. The van der Waals surface area contributed by atoms with Gasteiger partial charge in [0.15, 0.2) is 0 Å². The van der Waals surface area contributed by atoms with Crippen LogP contribution in [0, 0.1) is 71.6 Å². The Morgan fingerprint density at radius 1 is 0.676 bits per heavy atom. The fourth-order valence-electron chi connectivity index (χ4n) is 8.71. The molecule has 2 aliphatic heterocycles. The molecule has 8 rings (SSSR count). The van der Waals surface area contributed by atoms with Crippen molar-refractivity contribution in [2.24, 2.45) is 11.8 Å². The molecule has 71 heavy (non-hydrogen) atoms. The van der Waals surface area contributed by atoms with Crippen LogP contribution in [0.1, 0.15) is 142 Å². The van der Waals surface area contributed by atoms with E-state index >= 15 is 0 Å². The summed E-state index contributed by atoms with van der Waals surface area (Å²) in [7, 11) is 1.33. The smallest absolute Gasteiger partial charge is 0.338 e. The van der Waals surface area contributed by atoms with Crippen molar-refractivity contribution in [1.82, 2.24) is 56.4 Å². The minimum atomic E-state index is -0.392.